The van der Waals surface area contributed by atoms with E-state index in [4.69, 9.17) is 23.2 Å². The molecule has 1 rings (SSSR count). The van der Waals surface area contributed by atoms with E-state index in [-0.39, 0.29) is 5.92 Å². The first-order valence-electron chi connectivity index (χ1n) is 4.14. The van der Waals surface area contributed by atoms with Gasteiger partial charge in [-0.2, -0.15) is 0 Å². The van der Waals surface area contributed by atoms with Gasteiger partial charge in [0.2, 0.25) is 0 Å². The maximum Gasteiger partial charge on any atom is 0.0813 e. The summed E-state index contributed by atoms with van der Waals surface area (Å²) in [5.41, 5.74) is 0.771. The van der Waals surface area contributed by atoms with Crippen LogP contribution in [0.15, 0.2) is 18.2 Å². The van der Waals surface area contributed by atoms with Crippen molar-refractivity contribution in [1.82, 2.24) is 0 Å². The Morgan fingerprint density at radius 1 is 1.08 bits per heavy atom. The highest BCUT2D eigenvalue weighted by Gasteiger charge is 2.12. The van der Waals surface area contributed by atoms with Crippen molar-refractivity contribution in [3.05, 3.63) is 33.8 Å². The minimum Gasteiger partial charge on any atom is -0.388 e. The van der Waals surface area contributed by atoms with Gasteiger partial charge in [0, 0.05) is 10.0 Å². The molecule has 1 nitrogen and oxygen atoms in total. The predicted octanol–water partition coefficient (Wildman–Crippen LogP) is 3.68. The number of aliphatic hydroxyl groups is 1. The highest BCUT2D eigenvalue weighted by molar-refractivity contribution is 6.34. The number of hydrogen-bond acceptors (Lipinski definition) is 1. The van der Waals surface area contributed by atoms with E-state index in [9.17, 15) is 5.11 Å². The van der Waals surface area contributed by atoms with Crippen molar-refractivity contribution in [2.45, 2.75) is 20.0 Å². The fourth-order valence-corrected chi connectivity index (χ4v) is 1.67. The minimum absolute atomic E-state index is 0.162. The number of benzene rings is 1. The summed E-state index contributed by atoms with van der Waals surface area (Å²) in [6.07, 6.45) is -0.504. The molecular formula is C10H12Cl2O. The maximum absolute atomic E-state index is 9.73. The summed E-state index contributed by atoms with van der Waals surface area (Å²) in [7, 11) is 0. The van der Waals surface area contributed by atoms with Gasteiger partial charge in [-0.1, -0.05) is 37.0 Å². The van der Waals surface area contributed by atoms with E-state index in [0.717, 1.165) is 5.56 Å². The van der Waals surface area contributed by atoms with E-state index in [1.165, 1.54) is 0 Å². The van der Waals surface area contributed by atoms with Crippen molar-refractivity contribution in [3.63, 3.8) is 0 Å². The van der Waals surface area contributed by atoms with Crippen LogP contribution >= 0.6 is 23.2 Å². The number of rotatable bonds is 2. The maximum atomic E-state index is 9.73. The second kappa shape index (κ2) is 4.32. The zero-order valence-electron chi connectivity index (χ0n) is 7.59. The Balaban J connectivity index is 3.01. The molecule has 0 aliphatic rings. The summed E-state index contributed by atoms with van der Waals surface area (Å²) in [5.74, 6) is 0.162. The molecule has 13 heavy (non-hydrogen) atoms. The van der Waals surface area contributed by atoms with Crippen LogP contribution in [0.2, 0.25) is 10.0 Å². The van der Waals surface area contributed by atoms with Crippen molar-refractivity contribution in [1.29, 1.82) is 0 Å². The quantitative estimate of drug-likeness (QED) is 0.804. The van der Waals surface area contributed by atoms with Crippen molar-refractivity contribution in [2.24, 2.45) is 5.92 Å². The zero-order valence-corrected chi connectivity index (χ0v) is 9.10. The number of hydrogen-bond donors (Lipinski definition) is 1. The topological polar surface area (TPSA) is 20.2 Å². The molecule has 1 aromatic rings. The van der Waals surface area contributed by atoms with Crippen LogP contribution in [0.25, 0.3) is 0 Å². The second-order valence-corrected chi connectivity index (χ2v) is 4.26. The molecule has 1 atom stereocenters. The summed E-state index contributed by atoms with van der Waals surface area (Å²) < 4.78 is 0. The van der Waals surface area contributed by atoms with E-state index in [1.54, 1.807) is 18.2 Å². The van der Waals surface area contributed by atoms with E-state index in [0.29, 0.717) is 10.0 Å². The lowest BCUT2D eigenvalue weighted by Gasteiger charge is -2.15. The lowest BCUT2D eigenvalue weighted by Crippen LogP contribution is -2.05. The number of aliphatic hydroxyl groups excluding tert-OH is 1. The van der Waals surface area contributed by atoms with Gasteiger partial charge in [-0.25, -0.2) is 0 Å². The summed E-state index contributed by atoms with van der Waals surface area (Å²) in [6.45, 7) is 3.89. The van der Waals surface area contributed by atoms with Crippen LogP contribution in [0.1, 0.15) is 25.5 Å². The lowest BCUT2D eigenvalue weighted by molar-refractivity contribution is 0.127. The van der Waals surface area contributed by atoms with Crippen LogP contribution in [0.4, 0.5) is 0 Å². The Morgan fingerprint density at radius 3 is 1.92 bits per heavy atom. The van der Waals surface area contributed by atoms with Gasteiger partial charge in [-0.15, -0.1) is 0 Å². The molecule has 0 heterocycles. The molecule has 0 spiro atoms. The van der Waals surface area contributed by atoms with Gasteiger partial charge in [-0.05, 0) is 29.7 Å². The van der Waals surface area contributed by atoms with Gasteiger partial charge in [-0.3, -0.25) is 0 Å². The van der Waals surface area contributed by atoms with Crippen molar-refractivity contribution >= 4 is 23.2 Å². The monoisotopic (exact) mass is 218 g/mol. The molecule has 0 bridgehead atoms. The molecular weight excluding hydrogens is 207 g/mol. The Morgan fingerprint density at radius 2 is 1.54 bits per heavy atom. The van der Waals surface area contributed by atoms with Crippen molar-refractivity contribution in [2.75, 3.05) is 0 Å². The molecule has 0 saturated carbocycles. The van der Waals surface area contributed by atoms with Crippen LogP contribution in [-0.2, 0) is 0 Å². The Labute approximate surface area is 88.3 Å². The Kier molecular flexibility index (Phi) is 3.60. The van der Waals surface area contributed by atoms with Gasteiger partial charge < -0.3 is 5.11 Å². The first kappa shape index (κ1) is 10.8. The third kappa shape index (κ3) is 2.87. The van der Waals surface area contributed by atoms with Gasteiger partial charge in [0.15, 0.2) is 0 Å². The summed E-state index contributed by atoms with van der Waals surface area (Å²) >= 11 is 11.6. The lowest BCUT2D eigenvalue weighted by atomic mass is 9.99. The van der Waals surface area contributed by atoms with Crippen LogP contribution < -0.4 is 0 Å². The zero-order chi connectivity index (χ0) is 10.0. The third-order valence-corrected chi connectivity index (χ3v) is 2.29. The molecule has 1 N–H and O–H groups in total. The standard InChI is InChI=1S/C10H12Cl2O/c1-6(2)10(13)7-3-8(11)5-9(12)4-7/h3-6,10,13H,1-2H3/t10-/m1/s1. The molecule has 72 valence electrons. The van der Waals surface area contributed by atoms with E-state index in [2.05, 4.69) is 0 Å². The summed E-state index contributed by atoms with van der Waals surface area (Å²) in [6, 6.07) is 5.12. The molecule has 0 unspecified atom stereocenters. The minimum atomic E-state index is -0.504. The fourth-order valence-electron chi connectivity index (χ4n) is 1.13. The average molecular weight is 219 g/mol. The van der Waals surface area contributed by atoms with Crippen molar-refractivity contribution < 1.29 is 5.11 Å². The highest BCUT2D eigenvalue weighted by Crippen LogP contribution is 2.27. The Bertz CT molecular complexity index is 277. The first-order valence-corrected chi connectivity index (χ1v) is 4.90. The first-order chi connectivity index (χ1) is 6.00. The predicted molar refractivity (Wildman–Crippen MR) is 56.3 cm³/mol. The van der Waals surface area contributed by atoms with Gasteiger partial charge in [0.05, 0.1) is 6.10 Å². The molecule has 0 aliphatic carbocycles. The SMILES string of the molecule is CC(C)[C@@H](O)c1cc(Cl)cc(Cl)c1. The van der Waals surface area contributed by atoms with Crippen LogP contribution in [-0.4, -0.2) is 5.11 Å². The molecule has 1 aromatic carbocycles. The molecule has 0 aromatic heterocycles. The molecule has 0 radical (unpaired) electrons. The second-order valence-electron chi connectivity index (χ2n) is 3.39. The molecule has 0 aliphatic heterocycles. The van der Waals surface area contributed by atoms with E-state index >= 15 is 0 Å². The van der Waals surface area contributed by atoms with E-state index in [1.807, 2.05) is 13.8 Å². The van der Waals surface area contributed by atoms with E-state index < -0.39 is 6.10 Å². The Hall–Kier alpha value is -0.240. The average Bonchev–Trinajstić information content (AvgIpc) is 2.01. The normalized spacial score (nSPS) is 13.4. The van der Waals surface area contributed by atoms with Gasteiger partial charge >= 0.3 is 0 Å². The summed E-state index contributed by atoms with van der Waals surface area (Å²) in [5, 5.41) is 10.8. The van der Waals surface area contributed by atoms with Gasteiger partial charge in [0.1, 0.15) is 0 Å². The molecule has 0 saturated heterocycles. The highest BCUT2D eigenvalue weighted by atomic mass is 35.5. The van der Waals surface area contributed by atoms with Crippen molar-refractivity contribution in [3.8, 4) is 0 Å². The fraction of sp³-hybridized carbons (Fsp3) is 0.400. The summed E-state index contributed by atoms with van der Waals surface area (Å²) in [4.78, 5) is 0. The molecule has 0 amide bonds. The third-order valence-electron chi connectivity index (χ3n) is 1.86. The van der Waals surface area contributed by atoms with Crippen LogP contribution in [0.3, 0.4) is 0 Å². The number of halogens is 2. The van der Waals surface area contributed by atoms with Crippen LogP contribution in [0.5, 0.6) is 0 Å². The largest absolute Gasteiger partial charge is 0.388 e. The molecule has 0 fully saturated rings. The smallest absolute Gasteiger partial charge is 0.0813 e. The molecule has 3 heteroatoms. The van der Waals surface area contributed by atoms with Crippen LogP contribution in [0, 0.1) is 5.92 Å². The van der Waals surface area contributed by atoms with Gasteiger partial charge in [0.25, 0.3) is 0 Å².